The predicted molar refractivity (Wildman–Crippen MR) is 61.5 cm³/mol. The van der Waals surface area contributed by atoms with E-state index in [4.69, 9.17) is 23.2 Å². The first-order valence-electron chi connectivity index (χ1n) is 4.65. The molecule has 0 saturated carbocycles. The molecule has 3 nitrogen and oxygen atoms in total. The number of hydrogen-bond acceptors (Lipinski definition) is 2. The average Bonchev–Trinajstić information content (AvgIpc) is 2.25. The summed E-state index contributed by atoms with van der Waals surface area (Å²) in [4.78, 5) is 17.4. The Morgan fingerprint density at radius 3 is 2.87 bits per heavy atom. The highest BCUT2D eigenvalue weighted by Crippen LogP contribution is 2.15. The van der Waals surface area contributed by atoms with Gasteiger partial charge in [0.05, 0.1) is 10.6 Å². The minimum Gasteiger partial charge on any atom is -0.338 e. The number of carbonyl (C=O) groups is 1. The van der Waals surface area contributed by atoms with Gasteiger partial charge in [0.1, 0.15) is 0 Å². The van der Waals surface area contributed by atoms with Crippen LogP contribution >= 0.6 is 23.2 Å². The number of nitrogens with zero attached hydrogens (tertiary/aromatic N) is 2. The second-order valence-electron chi connectivity index (χ2n) is 2.93. The zero-order valence-corrected chi connectivity index (χ0v) is 9.92. The van der Waals surface area contributed by atoms with Crippen LogP contribution in [0.25, 0.3) is 0 Å². The van der Waals surface area contributed by atoms with Crippen LogP contribution in [0, 0.1) is 0 Å². The molecule has 1 aromatic rings. The van der Waals surface area contributed by atoms with Crippen molar-refractivity contribution in [3.63, 3.8) is 0 Å². The molecule has 0 atom stereocenters. The first kappa shape index (κ1) is 12.3. The fourth-order valence-corrected chi connectivity index (χ4v) is 1.63. The Balaban J connectivity index is 2.88. The van der Waals surface area contributed by atoms with E-state index >= 15 is 0 Å². The molecule has 0 fully saturated rings. The smallest absolute Gasteiger partial charge is 0.255 e. The maximum atomic E-state index is 11.9. The lowest BCUT2D eigenvalue weighted by Gasteiger charge is -2.19. The van der Waals surface area contributed by atoms with Crippen molar-refractivity contribution in [2.45, 2.75) is 6.92 Å². The van der Waals surface area contributed by atoms with Gasteiger partial charge in [0.25, 0.3) is 5.91 Å². The monoisotopic (exact) mass is 246 g/mol. The van der Waals surface area contributed by atoms with E-state index in [0.29, 0.717) is 29.6 Å². The number of rotatable bonds is 4. The van der Waals surface area contributed by atoms with Gasteiger partial charge in [0, 0.05) is 31.4 Å². The number of pyridine rings is 1. The van der Waals surface area contributed by atoms with Crippen LogP contribution in [-0.4, -0.2) is 34.8 Å². The lowest BCUT2D eigenvalue weighted by atomic mass is 10.2. The third-order valence-electron chi connectivity index (χ3n) is 2.03. The van der Waals surface area contributed by atoms with E-state index in [9.17, 15) is 4.79 Å². The minimum atomic E-state index is -0.106. The number of hydrogen-bond donors (Lipinski definition) is 0. The van der Waals surface area contributed by atoms with E-state index in [1.165, 1.54) is 6.20 Å². The van der Waals surface area contributed by atoms with Crippen molar-refractivity contribution in [2.24, 2.45) is 0 Å². The fourth-order valence-electron chi connectivity index (χ4n) is 1.22. The Morgan fingerprint density at radius 1 is 1.60 bits per heavy atom. The molecule has 5 heteroatoms. The summed E-state index contributed by atoms with van der Waals surface area (Å²) in [5.74, 6) is 0.313. The van der Waals surface area contributed by atoms with Crippen LogP contribution < -0.4 is 0 Å². The van der Waals surface area contributed by atoms with Crippen LogP contribution in [0.2, 0.25) is 5.02 Å². The lowest BCUT2D eigenvalue weighted by Crippen LogP contribution is -2.32. The standard InChI is InChI=1S/C10H12Cl2N2O/c1-2-14(6-4-11)10(15)8-3-5-13-7-9(8)12/h3,5,7H,2,4,6H2,1H3. The predicted octanol–water partition coefficient (Wildman–Crippen LogP) is 2.44. The van der Waals surface area contributed by atoms with Gasteiger partial charge in [0.15, 0.2) is 0 Å². The molecule has 1 heterocycles. The van der Waals surface area contributed by atoms with Gasteiger partial charge in [-0.3, -0.25) is 9.78 Å². The van der Waals surface area contributed by atoms with Gasteiger partial charge in [-0.25, -0.2) is 0 Å². The van der Waals surface area contributed by atoms with Gasteiger partial charge in [-0.1, -0.05) is 11.6 Å². The third kappa shape index (κ3) is 3.08. The van der Waals surface area contributed by atoms with E-state index < -0.39 is 0 Å². The first-order chi connectivity index (χ1) is 7.20. The Morgan fingerprint density at radius 2 is 2.33 bits per heavy atom. The quantitative estimate of drug-likeness (QED) is 0.765. The zero-order chi connectivity index (χ0) is 11.3. The van der Waals surface area contributed by atoms with E-state index in [1.807, 2.05) is 6.92 Å². The second-order valence-corrected chi connectivity index (χ2v) is 3.71. The number of aromatic nitrogens is 1. The first-order valence-corrected chi connectivity index (χ1v) is 5.56. The molecule has 0 aromatic carbocycles. The summed E-state index contributed by atoms with van der Waals surface area (Å²) in [5.41, 5.74) is 0.471. The largest absolute Gasteiger partial charge is 0.338 e. The number of halogens is 2. The van der Waals surface area contributed by atoms with E-state index in [2.05, 4.69) is 4.98 Å². The van der Waals surface area contributed by atoms with Crippen molar-refractivity contribution in [1.82, 2.24) is 9.88 Å². The Labute approximate surface area is 99.0 Å². The highest BCUT2D eigenvalue weighted by Gasteiger charge is 2.15. The number of carbonyl (C=O) groups excluding carboxylic acids is 1. The van der Waals surface area contributed by atoms with Crippen LogP contribution in [0.1, 0.15) is 17.3 Å². The summed E-state index contributed by atoms with van der Waals surface area (Å²) in [7, 11) is 0. The molecule has 0 N–H and O–H groups in total. The summed E-state index contributed by atoms with van der Waals surface area (Å²) in [6.07, 6.45) is 3.01. The maximum absolute atomic E-state index is 11.9. The van der Waals surface area contributed by atoms with Gasteiger partial charge in [-0.15, -0.1) is 11.6 Å². The molecule has 0 unspecified atom stereocenters. The molecule has 82 valence electrons. The summed E-state index contributed by atoms with van der Waals surface area (Å²) in [6, 6.07) is 1.61. The van der Waals surface area contributed by atoms with E-state index in [-0.39, 0.29) is 5.91 Å². The van der Waals surface area contributed by atoms with Crippen molar-refractivity contribution < 1.29 is 4.79 Å². The second kappa shape index (κ2) is 5.93. The molecular weight excluding hydrogens is 235 g/mol. The Kier molecular flexibility index (Phi) is 4.85. The Hall–Kier alpha value is -0.800. The van der Waals surface area contributed by atoms with Gasteiger partial charge >= 0.3 is 0 Å². The van der Waals surface area contributed by atoms with E-state index in [1.54, 1.807) is 17.2 Å². The van der Waals surface area contributed by atoms with Crippen molar-refractivity contribution >= 4 is 29.1 Å². The highest BCUT2D eigenvalue weighted by atomic mass is 35.5. The normalized spacial score (nSPS) is 10.1. The van der Waals surface area contributed by atoms with Gasteiger partial charge < -0.3 is 4.90 Å². The summed E-state index contributed by atoms with van der Waals surface area (Å²) in [5, 5.41) is 0.371. The third-order valence-corrected chi connectivity index (χ3v) is 2.50. The van der Waals surface area contributed by atoms with Crippen LogP contribution in [0.5, 0.6) is 0 Å². The molecule has 0 spiro atoms. The van der Waals surface area contributed by atoms with Crippen molar-refractivity contribution in [3.8, 4) is 0 Å². The summed E-state index contributed by atoms with van der Waals surface area (Å²) < 4.78 is 0. The van der Waals surface area contributed by atoms with Crippen molar-refractivity contribution in [2.75, 3.05) is 19.0 Å². The molecule has 1 rings (SSSR count). The summed E-state index contributed by atoms with van der Waals surface area (Å²) in [6.45, 7) is 3.04. The zero-order valence-electron chi connectivity index (χ0n) is 8.41. The SMILES string of the molecule is CCN(CCCl)C(=O)c1ccncc1Cl. The van der Waals surface area contributed by atoms with E-state index in [0.717, 1.165) is 0 Å². The maximum Gasteiger partial charge on any atom is 0.255 e. The molecule has 0 aliphatic carbocycles. The van der Waals surface area contributed by atoms with Crippen molar-refractivity contribution in [3.05, 3.63) is 29.0 Å². The van der Waals surface area contributed by atoms with Gasteiger partial charge in [0.2, 0.25) is 0 Å². The molecule has 15 heavy (non-hydrogen) atoms. The molecule has 0 saturated heterocycles. The molecule has 0 aliphatic rings. The summed E-state index contributed by atoms with van der Waals surface area (Å²) >= 11 is 11.5. The molecule has 0 aliphatic heterocycles. The lowest BCUT2D eigenvalue weighted by molar-refractivity contribution is 0.0774. The minimum absolute atomic E-state index is 0.106. The Bertz CT molecular complexity index is 344. The highest BCUT2D eigenvalue weighted by molar-refractivity contribution is 6.33. The average molecular weight is 247 g/mol. The molecule has 1 amide bonds. The fraction of sp³-hybridized carbons (Fsp3) is 0.400. The van der Waals surface area contributed by atoms with Gasteiger partial charge in [-0.05, 0) is 13.0 Å². The number of alkyl halides is 1. The molecule has 1 aromatic heterocycles. The van der Waals surface area contributed by atoms with Crippen LogP contribution in [0.4, 0.5) is 0 Å². The molecule has 0 bridgehead atoms. The molecular formula is C10H12Cl2N2O. The number of amides is 1. The topological polar surface area (TPSA) is 33.2 Å². The van der Waals surface area contributed by atoms with Crippen LogP contribution in [-0.2, 0) is 0 Å². The van der Waals surface area contributed by atoms with Crippen molar-refractivity contribution in [1.29, 1.82) is 0 Å². The van der Waals surface area contributed by atoms with Crippen LogP contribution in [0.15, 0.2) is 18.5 Å². The van der Waals surface area contributed by atoms with Gasteiger partial charge in [-0.2, -0.15) is 0 Å². The van der Waals surface area contributed by atoms with Crippen LogP contribution in [0.3, 0.4) is 0 Å². The molecule has 0 radical (unpaired) electrons.